The predicted molar refractivity (Wildman–Crippen MR) is 69.7 cm³/mol. The van der Waals surface area contributed by atoms with Crippen LogP contribution in [0.5, 0.6) is 0 Å². The molecular formula is C14H28N2. The van der Waals surface area contributed by atoms with E-state index >= 15 is 0 Å². The molecule has 2 heteroatoms. The van der Waals surface area contributed by atoms with Crippen molar-refractivity contribution in [3.63, 3.8) is 0 Å². The summed E-state index contributed by atoms with van der Waals surface area (Å²) < 4.78 is 0. The Labute approximate surface area is 101 Å². The molecule has 2 fully saturated rings. The van der Waals surface area contributed by atoms with Gasteiger partial charge in [-0.15, -0.1) is 0 Å². The van der Waals surface area contributed by atoms with Crippen molar-refractivity contribution in [3.05, 3.63) is 0 Å². The van der Waals surface area contributed by atoms with E-state index in [-0.39, 0.29) is 0 Å². The predicted octanol–water partition coefficient (Wildman–Crippen LogP) is 2.64. The van der Waals surface area contributed by atoms with Gasteiger partial charge in [0.25, 0.3) is 0 Å². The molecule has 94 valence electrons. The number of hydrogen-bond donors (Lipinski definition) is 1. The maximum atomic E-state index is 3.72. The van der Waals surface area contributed by atoms with Gasteiger partial charge in [-0.1, -0.05) is 12.8 Å². The molecule has 1 atom stereocenters. The molecule has 1 aliphatic carbocycles. The summed E-state index contributed by atoms with van der Waals surface area (Å²) in [5.41, 5.74) is 0. The summed E-state index contributed by atoms with van der Waals surface area (Å²) in [6, 6.07) is 0.751. The molecule has 0 aromatic carbocycles. The van der Waals surface area contributed by atoms with E-state index in [9.17, 15) is 0 Å². The van der Waals surface area contributed by atoms with Gasteiger partial charge in [-0.2, -0.15) is 0 Å². The first-order valence-corrected chi connectivity index (χ1v) is 7.32. The second-order valence-corrected chi connectivity index (χ2v) is 5.69. The van der Waals surface area contributed by atoms with Gasteiger partial charge in [0.1, 0.15) is 0 Å². The van der Waals surface area contributed by atoms with Gasteiger partial charge in [0, 0.05) is 6.04 Å². The second kappa shape index (κ2) is 6.61. The fourth-order valence-electron chi connectivity index (χ4n) is 3.26. The molecule has 1 saturated heterocycles. The van der Waals surface area contributed by atoms with Gasteiger partial charge in [-0.3, -0.25) is 0 Å². The van der Waals surface area contributed by atoms with Gasteiger partial charge in [0.05, 0.1) is 0 Å². The largest absolute Gasteiger partial charge is 0.314 e. The van der Waals surface area contributed by atoms with E-state index in [2.05, 4.69) is 17.1 Å². The molecule has 0 unspecified atom stereocenters. The van der Waals surface area contributed by atoms with E-state index < -0.39 is 0 Å². The van der Waals surface area contributed by atoms with Crippen LogP contribution in [0.25, 0.3) is 0 Å². The SMILES string of the molecule is C[C@H](NCCCN1CCCC1)C1CCCC1. The first-order valence-electron chi connectivity index (χ1n) is 7.32. The van der Waals surface area contributed by atoms with Crippen molar-refractivity contribution < 1.29 is 0 Å². The van der Waals surface area contributed by atoms with Crippen molar-refractivity contribution in [3.8, 4) is 0 Å². The molecule has 2 aliphatic rings. The van der Waals surface area contributed by atoms with Crippen LogP contribution in [0.1, 0.15) is 51.9 Å². The quantitative estimate of drug-likeness (QED) is 0.698. The maximum absolute atomic E-state index is 3.72. The number of likely N-dealkylation sites (tertiary alicyclic amines) is 1. The molecule has 0 amide bonds. The monoisotopic (exact) mass is 224 g/mol. The van der Waals surface area contributed by atoms with E-state index in [4.69, 9.17) is 0 Å². The highest BCUT2D eigenvalue weighted by Gasteiger charge is 2.20. The van der Waals surface area contributed by atoms with Crippen LogP contribution in [0.4, 0.5) is 0 Å². The van der Waals surface area contributed by atoms with Crippen molar-refractivity contribution in [1.29, 1.82) is 0 Å². The number of rotatable bonds is 6. The van der Waals surface area contributed by atoms with Crippen molar-refractivity contribution in [2.45, 2.75) is 57.9 Å². The van der Waals surface area contributed by atoms with E-state index in [0.717, 1.165) is 12.0 Å². The Bertz CT molecular complexity index is 181. The summed E-state index contributed by atoms with van der Waals surface area (Å²) in [7, 11) is 0. The lowest BCUT2D eigenvalue weighted by Gasteiger charge is -2.21. The normalized spacial score (nSPS) is 25.3. The van der Waals surface area contributed by atoms with Crippen LogP contribution in [0.3, 0.4) is 0 Å². The van der Waals surface area contributed by atoms with Crippen molar-refractivity contribution in [1.82, 2.24) is 10.2 Å². The summed E-state index contributed by atoms with van der Waals surface area (Å²) in [5, 5.41) is 3.72. The number of hydrogen-bond acceptors (Lipinski definition) is 2. The van der Waals surface area contributed by atoms with Crippen molar-refractivity contribution in [2.75, 3.05) is 26.2 Å². The van der Waals surface area contributed by atoms with E-state index in [1.165, 1.54) is 71.1 Å². The van der Waals surface area contributed by atoms with E-state index in [1.807, 2.05) is 0 Å². The molecular weight excluding hydrogens is 196 g/mol. The summed E-state index contributed by atoms with van der Waals surface area (Å²) in [4.78, 5) is 2.61. The fraction of sp³-hybridized carbons (Fsp3) is 1.00. The molecule has 0 spiro atoms. The van der Waals surface area contributed by atoms with Crippen LogP contribution in [0, 0.1) is 5.92 Å². The van der Waals surface area contributed by atoms with Crippen LogP contribution < -0.4 is 5.32 Å². The van der Waals surface area contributed by atoms with Crippen LogP contribution in [-0.2, 0) is 0 Å². The Morgan fingerprint density at radius 3 is 2.50 bits per heavy atom. The minimum atomic E-state index is 0.751. The molecule has 2 rings (SSSR count). The van der Waals surface area contributed by atoms with Gasteiger partial charge in [-0.05, 0) is 71.1 Å². The summed E-state index contributed by atoms with van der Waals surface area (Å²) in [6.07, 6.45) is 10.0. The average Bonchev–Trinajstić information content (AvgIpc) is 2.96. The zero-order chi connectivity index (χ0) is 11.2. The lowest BCUT2D eigenvalue weighted by Crippen LogP contribution is -2.34. The lowest BCUT2D eigenvalue weighted by molar-refractivity contribution is 0.317. The molecule has 2 nitrogen and oxygen atoms in total. The molecule has 0 bridgehead atoms. The summed E-state index contributed by atoms with van der Waals surface area (Å²) >= 11 is 0. The third kappa shape index (κ3) is 3.74. The van der Waals surface area contributed by atoms with Crippen LogP contribution in [-0.4, -0.2) is 37.1 Å². The zero-order valence-electron chi connectivity index (χ0n) is 10.9. The Kier molecular flexibility index (Phi) is 5.11. The minimum absolute atomic E-state index is 0.751. The molecule has 0 radical (unpaired) electrons. The Balaban J connectivity index is 1.50. The third-order valence-electron chi connectivity index (χ3n) is 4.42. The highest BCUT2D eigenvalue weighted by molar-refractivity contribution is 4.77. The van der Waals surface area contributed by atoms with E-state index in [1.54, 1.807) is 0 Å². The number of nitrogens with zero attached hydrogens (tertiary/aromatic N) is 1. The third-order valence-corrected chi connectivity index (χ3v) is 4.42. The van der Waals surface area contributed by atoms with Crippen LogP contribution in [0.15, 0.2) is 0 Å². The molecule has 16 heavy (non-hydrogen) atoms. The zero-order valence-corrected chi connectivity index (χ0v) is 10.9. The first-order chi connectivity index (χ1) is 7.86. The molecule has 1 N–H and O–H groups in total. The van der Waals surface area contributed by atoms with Gasteiger partial charge >= 0.3 is 0 Å². The smallest absolute Gasteiger partial charge is 0.00670 e. The van der Waals surface area contributed by atoms with Crippen LogP contribution in [0.2, 0.25) is 0 Å². The van der Waals surface area contributed by atoms with Crippen LogP contribution >= 0.6 is 0 Å². The van der Waals surface area contributed by atoms with Gasteiger partial charge in [0.2, 0.25) is 0 Å². The highest BCUT2D eigenvalue weighted by atomic mass is 15.1. The molecule has 1 heterocycles. The highest BCUT2D eigenvalue weighted by Crippen LogP contribution is 2.27. The average molecular weight is 224 g/mol. The standard InChI is InChI=1S/C14H28N2/c1-13(14-7-2-3-8-14)15-9-6-12-16-10-4-5-11-16/h13-15H,2-12H2,1H3/t13-/m0/s1. The van der Waals surface area contributed by atoms with Gasteiger partial charge in [-0.25, -0.2) is 0 Å². The van der Waals surface area contributed by atoms with Crippen molar-refractivity contribution >= 4 is 0 Å². The first kappa shape index (κ1) is 12.4. The molecule has 1 saturated carbocycles. The Morgan fingerprint density at radius 1 is 1.12 bits per heavy atom. The van der Waals surface area contributed by atoms with Gasteiger partial charge < -0.3 is 10.2 Å². The van der Waals surface area contributed by atoms with Gasteiger partial charge in [0.15, 0.2) is 0 Å². The summed E-state index contributed by atoms with van der Waals surface area (Å²) in [5.74, 6) is 0.965. The van der Waals surface area contributed by atoms with Crippen molar-refractivity contribution in [2.24, 2.45) is 5.92 Å². The topological polar surface area (TPSA) is 15.3 Å². The maximum Gasteiger partial charge on any atom is 0.00670 e. The Morgan fingerprint density at radius 2 is 1.81 bits per heavy atom. The Hall–Kier alpha value is -0.0800. The lowest BCUT2D eigenvalue weighted by atomic mass is 10.00. The van der Waals surface area contributed by atoms with E-state index in [0.29, 0.717) is 0 Å². The summed E-state index contributed by atoms with van der Waals surface area (Å²) in [6.45, 7) is 7.60. The fourth-order valence-corrected chi connectivity index (χ4v) is 3.26. The molecule has 1 aliphatic heterocycles. The minimum Gasteiger partial charge on any atom is -0.314 e. The second-order valence-electron chi connectivity index (χ2n) is 5.69. The molecule has 0 aromatic heterocycles. The number of nitrogens with one attached hydrogen (secondary N) is 1. The molecule has 0 aromatic rings.